The van der Waals surface area contributed by atoms with Crippen molar-refractivity contribution in [3.8, 4) is 0 Å². The van der Waals surface area contributed by atoms with Gasteiger partial charge in [-0.1, -0.05) is 35.5 Å². The van der Waals surface area contributed by atoms with Gasteiger partial charge in [-0.2, -0.15) is 0 Å². The Morgan fingerprint density at radius 2 is 2.11 bits per heavy atom. The molecule has 3 rings (SSSR count). The first-order valence-electron chi connectivity index (χ1n) is 8.94. The molecular weight excluding hydrogens is 414 g/mol. The summed E-state index contributed by atoms with van der Waals surface area (Å²) in [4.78, 5) is 31.8. The molecule has 5 nitrogen and oxygen atoms in total. The number of thiophene rings is 1. The third-order valence-electron chi connectivity index (χ3n) is 4.43. The van der Waals surface area contributed by atoms with Crippen molar-refractivity contribution in [3.05, 3.63) is 55.6 Å². The number of nitrogens with zero attached hydrogens (tertiary/aromatic N) is 2. The number of carbonyl (C=O) groups excluding carboxylic acids is 1. The van der Waals surface area contributed by atoms with Crippen molar-refractivity contribution in [2.45, 2.75) is 45.4 Å². The maximum absolute atomic E-state index is 13.0. The second kappa shape index (κ2) is 8.68. The fourth-order valence-corrected chi connectivity index (χ4v) is 5.11. The van der Waals surface area contributed by atoms with Gasteiger partial charge >= 0.3 is 0 Å². The minimum Gasteiger partial charge on any atom is -0.351 e. The molecule has 28 heavy (non-hydrogen) atoms. The van der Waals surface area contributed by atoms with Crippen LogP contribution in [0.15, 0.2) is 34.2 Å². The molecule has 8 heteroatoms. The second-order valence-corrected chi connectivity index (χ2v) is 9.40. The predicted molar refractivity (Wildman–Crippen MR) is 118 cm³/mol. The Morgan fingerprint density at radius 3 is 2.79 bits per heavy atom. The molecule has 2 aromatic heterocycles. The number of hydrogen-bond donors (Lipinski definition) is 1. The van der Waals surface area contributed by atoms with Gasteiger partial charge in [-0.05, 0) is 51.0 Å². The molecule has 0 unspecified atom stereocenters. The van der Waals surface area contributed by atoms with Crippen LogP contribution in [0.1, 0.15) is 35.9 Å². The van der Waals surface area contributed by atoms with Crippen molar-refractivity contribution < 1.29 is 4.79 Å². The van der Waals surface area contributed by atoms with E-state index in [2.05, 4.69) is 10.3 Å². The number of aromatic nitrogens is 2. The van der Waals surface area contributed by atoms with E-state index in [4.69, 9.17) is 11.6 Å². The van der Waals surface area contributed by atoms with Crippen LogP contribution in [-0.4, -0.2) is 21.2 Å². The largest absolute Gasteiger partial charge is 0.351 e. The van der Waals surface area contributed by atoms with Gasteiger partial charge in [0.15, 0.2) is 5.16 Å². The summed E-state index contributed by atoms with van der Waals surface area (Å²) in [5.74, 6) is 0.0716. The standard InChI is InChI=1S/C20H22ClN3O2S2/c1-11(2)24-19(26)17-12(3)13(4)28-18(17)23-20(24)27-10-16(25)22-9-14-6-5-7-15(21)8-14/h5-8,11H,9-10H2,1-4H3,(H,22,25). The van der Waals surface area contributed by atoms with E-state index in [1.807, 2.05) is 45.9 Å². The Labute approximate surface area is 177 Å². The molecule has 0 aliphatic rings. The van der Waals surface area contributed by atoms with Crippen LogP contribution in [0, 0.1) is 13.8 Å². The van der Waals surface area contributed by atoms with Gasteiger partial charge in [0.25, 0.3) is 5.56 Å². The molecule has 1 N–H and O–H groups in total. The quantitative estimate of drug-likeness (QED) is 0.449. The topological polar surface area (TPSA) is 64.0 Å². The minimum absolute atomic E-state index is 0.0383. The molecule has 1 aromatic carbocycles. The van der Waals surface area contributed by atoms with Crippen molar-refractivity contribution in [1.82, 2.24) is 14.9 Å². The van der Waals surface area contributed by atoms with E-state index in [9.17, 15) is 9.59 Å². The van der Waals surface area contributed by atoms with Gasteiger partial charge in [-0.3, -0.25) is 14.2 Å². The Balaban J connectivity index is 1.77. The normalized spacial score (nSPS) is 11.4. The zero-order valence-electron chi connectivity index (χ0n) is 16.2. The summed E-state index contributed by atoms with van der Waals surface area (Å²) in [7, 11) is 0. The highest BCUT2D eigenvalue weighted by molar-refractivity contribution is 7.99. The third-order valence-corrected chi connectivity index (χ3v) is 6.72. The summed E-state index contributed by atoms with van der Waals surface area (Å²) in [6, 6.07) is 7.34. The molecular formula is C20H22ClN3O2S2. The monoisotopic (exact) mass is 435 g/mol. The summed E-state index contributed by atoms with van der Waals surface area (Å²) in [5, 5.41) is 4.78. The van der Waals surface area contributed by atoms with Gasteiger partial charge in [0, 0.05) is 22.5 Å². The lowest BCUT2D eigenvalue weighted by molar-refractivity contribution is -0.118. The molecule has 0 radical (unpaired) electrons. The Hall–Kier alpha value is -1.83. The van der Waals surface area contributed by atoms with Crippen molar-refractivity contribution >= 4 is 50.8 Å². The number of thioether (sulfide) groups is 1. The number of nitrogens with one attached hydrogen (secondary N) is 1. The highest BCUT2D eigenvalue weighted by Gasteiger charge is 2.19. The lowest BCUT2D eigenvalue weighted by atomic mass is 10.2. The number of amides is 1. The lowest BCUT2D eigenvalue weighted by Crippen LogP contribution is -2.27. The van der Waals surface area contributed by atoms with E-state index in [0.29, 0.717) is 22.1 Å². The number of aryl methyl sites for hydroxylation is 2. The number of halogens is 1. The molecule has 0 saturated heterocycles. The van der Waals surface area contributed by atoms with Crippen LogP contribution in [0.2, 0.25) is 5.02 Å². The molecule has 148 valence electrons. The second-order valence-electron chi connectivity index (χ2n) is 6.82. The van der Waals surface area contributed by atoms with Crippen molar-refractivity contribution in [1.29, 1.82) is 0 Å². The molecule has 0 saturated carbocycles. The van der Waals surface area contributed by atoms with Gasteiger partial charge in [0.2, 0.25) is 5.91 Å². The van der Waals surface area contributed by atoms with Crippen LogP contribution in [0.5, 0.6) is 0 Å². The van der Waals surface area contributed by atoms with E-state index in [0.717, 1.165) is 20.8 Å². The predicted octanol–water partition coefficient (Wildman–Crippen LogP) is 4.72. The van der Waals surface area contributed by atoms with E-state index < -0.39 is 0 Å². The summed E-state index contributed by atoms with van der Waals surface area (Å²) in [5.41, 5.74) is 1.89. The Kier molecular flexibility index (Phi) is 6.47. The van der Waals surface area contributed by atoms with Crippen LogP contribution in [-0.2, 0) is 11.3 Å². The number of hydrogen-bond acceptors (Lipinski definition) is 5. The number of benzene rings is 1. The summed E-state index contributed by atoms with van der Waals surface area (Å²) in [6.45, 7) is 8.27. The molecule has 0 atom stereocenters. The van der Waals surface area contributed by atoms with Gasteiger partial charge in [0.05, 0.1) is 11.1 Å². The molecule has 0 aliphatic carbocycles. The first-order valence-corrected chi connectivity index (χ1v) is 11.1. The van der Waals surface area contributed by atoms with E-state index in [1.54, 1.807) is 10.6 Å². The van der Waals surface area contributed by atoms with Gasteiger partial charge in [-0.25, -0.2) is 4.98 Å². The maximum Gasteiger partial charge on any atom is 0.263 e. The van der Waals surface area contributed by atoms with Gasteiger partial charge < -0.3 is 5.32 Å². The van der Waals surface area contributed by atoms with Crippen molar-refractivity contribution in [3.63, 3.8) is 0 Å². The molecule has 2 heterocycles. The molecule has 0 fully saturated rings. The first-order chi connectivity index (χ1) is 13.3. The van der Waals surface area contributed by atoms with Crippen molar-refractivity contribution in [2.24, 2.45) is 0 Å². The SMILES string of the molecule is Cc1sc2nc(SCC(=O)NCc3cccc(Cl)c3)n(C(C)C)c(=O)c2c1C. The Bertz CT molecular complexity index is 1090. The summed E-state index contributed by atoms with van der Waals surface area (Å²) >= 11 is 8.77. The zero-order chi connectivity index (χ0) is 20.4. The molecule has 0 bridgehead atoms. The molecule has 0 spiro atoms. The van der Waals surface area contributed by atoms with Crippen LogP contribution < -0.4 is 10.9 Å². The molecule has 3 aromatic rings. The maximum atomic E-state index is 13.0. The summed E-state index contributed by atoms with van der Waals surface area (Å²) < 4.78 is 1.68. The zero-order valence-corrected chi connectivity index (χ0v) is 18.6. The average Bonchev–Trinajstić information content (AvgIpc) is 2.92. The number of carbonyl (C=O) groups is 1. The number of fused-ring (bicyclic) bond motifs is 1. The van der Waals surface area contributed by atoms with E-state index in [1.165, 1.54) is 23.1 Å². The smallest absolute Gasteiger partial charge is 0.263 e. The van der Waals surface area contributed by atoms with Crippen LogP contribution >= 0.6 is 34.7 Å². The fraction of sp³-hybridized carbons (Fsp3) is 0.350. The fourth-order valence-electron chi connectivity index (χ4n) is 2.87. The van der Waals surface area contributed by atoms with Crippen molar-refractivity contribution in [2.75, 3.05) is 5.75 Å². The third kappa shape index (κ3) is 4.42. The van der Waals surface area contributed by atoms with E-state index >= 15 is 0 Å². The molecule has 1 amide bonds. The van der Waals surface area contributed by atoms with Crippen LogP contribution in [0.3, 0.4) is 0 Å². The summed E-state index contributed by atoms with van der Waals surface area (Å²) in [6.07, 6.45) is 0. The Morgan fingerprint density at radius 1 is 1.36 bits per heavy atom. The highest BCUT2D eigenvalue weighted by Crippen LogP contribution is 2.29. The minimum atomic E-state index is -0.117. The van der Waals surface area contributed by atoms with Crippen LogP contribution in [0.25, 0.3) is 10.2 Å². The molecule has 0 aliphatic heterocycles. The average molecular weight is 436 g/mol. The van der Waals surface area contributed by atoms with Gasteiger partial charge in [-0.15, -0.1) is 11.3 Å². The first kappa shape index (κ1) is 20.9. The van der Waals surface area contributed by atoms with E-state index in [-0.39, 0.29) is 23.3 Å². The highest BCUT2D eigenvalue weighted by atomic mass is 35.5. The number of rotatable bonds is 6. The van der Waals surface area contributed by atoms with Gasteiger partial charge in [0.1, 0.15) is 4.83 Å². The van der Waals surface area contributed by atoms with Crippen LogP contribution in [0.4, 0.5) is 0 Å². The lowest BCUT2D eigenvalue weighted by Gasteiger charge is -2.15.